The molecule has 1 N–H and O–H groups in total. The number of hydrogen-bond acceptors (Lipinski definition) is 4. The van der Waals surface area contributed by atoms with Crippen molar-refractivity contribution >= 4 is 17.4 Å². The van der Waals surface area contributed by atoms with Gasteiger partial charge in [0.25, 0.3) is 5.91 Å². The molecule has 5 nitrogen and oxygen atoms in total. The molecule has 2 aromatic rings. The standard InChI is InChI=1S/C20H23NO4/c1-4-12-25-18-11-10-15(13-19(18)24-5-2)20(23)21-17-9-7-6-8-16(17)14(3)22/h6-11,13H,4-5,12H2,1-3H3,(H,21,23). The summed E-state index contributed by atoms with van der Waals surface area (Å²) < 4.78 is 11.2. The lowest BCUT2D eigenvalue weighted by Crippen LogP contribution is -2.14. The van der Waals surface area contributed by atoms with Gasteiger partial charge < -0.3 is 14.8 Å². The molecule has 0 heterocycles. The zero-order valence-corrected chi connectivity index (χ0v) is 14.8. The van der Waals surface area contributed by atoms with Gasteiger partial charge in [0.15, 0.2) is 17.3 Å². The van der Waals surface area contributed by atoms with Crippen molar-refractivity contribution in [1.29, 1.82) is 0 Å². The van der Waals surface area contributed by atoms with E-state index in [2.05, 4.69) is 5.32 Å². The van der Waals surface area contributed by atoms with Crippen LogP contribution in [-0.2, 0) is 0 Å². The SMILES string of the molecule is CCCOc1ccc(C(=O)Nc2ccccc2C(C)=O)cc1OCC. The zero-order chi connectivity index (χ0) is 18.2. The number of anilines is 1. The Balaban J connectivity index is 2.24. The van der Waals surface area contributed by atoms with Crippen LogP contribution >= 0.6 is 0 Å². The third-order valence-electron chi connectivity index (χ3n) is 3.52. The van der Waals surface area contributed by atoms with Crippen LogP contribution in [0.4, 0.5) is 5.69 Å². The molecule has 0 aliphatic rings. The molecule has 0 saturated carbocycles. The highest BCUT2D eigenvalue weighted by atomic mass is 16.5. The first-order chi connectivity index (χ1) is 12.1. The highest BCUT2D eigenvalue weighted by Crippen LogP contribution is 2.29. The molecular weight excluding hydrogens is 318 g/mol. The third kappa shape index (κ3) is 4.83. The number of rotatable bonds is 8. The van der Waals surface area contributed by atoms with Crippen molar-refractivity contribution in [2.45, 2.75) is 27.2 Å². The molecule has 0 aliphatic heterocycles. The minimum atomic E-state index is -0.309. The van der Waals surface area contributed by atoms with E-state index in [4.69, 9.17) is 9.47 Å². The summed E-state index contributed by atoms with van der Waals surface area (Å²) in [5, 5.41) is 2.78. The van der Waals surface area contributed by atoms with E-state index in [-0.39, 0.29) is 11.7 Å². The van der Waals surface area contributed by atoms with Gasteiger partial charge in [-0.05, 0) is 50.6 Å². The summed E-state index contributed by atoms with van der Waals surface area (Å²) >= 11 is 0. The van der Waals surface area contributed by atoms with E-state index in [0.717, 1.165) is 6.42 Å². The first-order valence-electron chi connectivity index (χ1n) is 8.37. The maximum atomic E-state index is 12.6. The number of carbonyl (C=O) groups excluding carboxylic acids is 2. The van der Waals surface area contributed by atoms with Crippen LogP contribution in [-0.4, -0.2) is 24.9 Å². The van der Waals surface area contributed by atoms with Crippen LogP contribution in [0.1, 0.15) is 47.9 Å². The molecule has 0 fully saturated rings. The Labute approximate surface area is 148 Å². The van der Waals surface area contributed by atoms with Gasteiger partial charge in [0.1, 0.15) is 0 Å². The summed E-state index contributed by atoms with van der Waals surface area (Å²) in [7, 11) is 0. The van der Waals surface area contributed by atoms with E-state index in [1.54, 1.807) is 42.5 Å². The molecule has 0 saturated heterocycles. The predicted octanol–water partition coefficient (Wildman–Crippen LogP) is 4.33. The van der Waals surface area contributed by atoms with E-state index in [9.17, 15) is 9.59 Å². The predicted molar refractivity (Wildman–Crippen MR) is 97.8 cm³/mol. The summed E-state index contributed by atoms with van der Waals surface area (Å²) in [5.74, 6) is 0.735. The second kappa shape index (κ2) is 8.87. The highest BCUT2D eigenvalue weighted by Gasteiger charge is 2.14. The molecule has 0 bridgehead atoms. The Hall–Kier alpha value is -2.82. The minimum Gasteiger partial charge on any atom is -0.490 e. The van der Waals surface area contributed by atoms with Gasteiger partial charge in [-0.1, -0.05) is 19.1 Å². The van der Waals surface area contributed by atoms with Crippen molar-refractivity contribution in [3.63, 3.8) is 0 Å². The lowest BCUT2D eigenvalue weighted by atomic mass is 10.1. The molecule has 2 aromatic carbocycles. The van der Waals surface area contributed by atoms with Crippen LogP contribution in [0.2, 0.25) is 0 Å². The number of hydrogen-bond donors (Lipinski definition) is 1. The lowest BCUT2D eigenvalue weighted by molar-refractivity contribution is 0.101. The number of ether oxygens (including phenoxy) is 2. The maximum Gasteiger partial charge on any atom is 0.255 e. The summed E-state index contributed by atoms with van der Waals surface area (Å²) in [6.45, 7) is 6.42. The van der Waals surface area contributed by atoms with E-state index >= 15 is 0 Å². The number of benzene rings is 2. The third-order valence-corrected chi connectivity index (χ3v) is 3.52. The Morgan fingerprint density at radius 3 is 2.44 bits per heavy atom. The first kappa shape index (κ1) is 18.5. The molecule has 132 valence electrons. The number of nitrogens with one attached hydrogen (secondary N) is 1. The summed E-state index contributed by atoms with van der Waals surface area (Å²) in [4.78, 5) is 24.2. The Morgan fingerprint density at radius 2 is 1.76 bits per heavy atom. The number of amides is 1. The number of para-hydroxylation sites is 1. The molecule has 0 aromatic heterocycles. The topological polar surface area (TPSA) is 64.6 Å². The molecule has 0 unspecified atom stereocenters. The molecular formula is C20H23NO4. The van der Waals surface area contributed by atoms with Crippen LogP contribution in [0, 0.1) is 0 Å². The quantitative estimate of drug-likeness (QED) is 0.726. The Bertz CT molecular complexity index is 755. The van der Waals surface area contributed by atoms with Crippen LogP contribution in [0.15, 0.2) is 42.5 Å². The maximum absolute atomic E-state index is 12.6. The monoisotopic (exact) mass is 341 g/mol. The van der Waals surface area contributed by atoms with Crippen molar-refractivity contribution in [1.82, 2.24) is 0 Å². The zero-order valence-electron chi connectivity index (χ0n) is 14.8. The minimum absolute atomic E-state index is 0.103. The number of carbonyl (C=O) groups is 2. The first-order valence-corrected chi connectivity index (χ1v) is 8.37. The largest absolute Gasteiger partial charge is 0.490 e. The number of Topliss-reactive ketones (excluding diaryl/α,β-unsaturated/α-hetero) is 1. The van der Waals surface area contributed by atoms with Crippen molar-refractivity contribution in [2.24, 2.45) is 0 Å². The highest BCUT2D eigenvalue weighted by molar-refractivity contribution is 6.09. The molecule has 5 heteroatoms. The Morgan fingerprint density at radius 1 is 1.00 bits per heavy atom. The van der Waals surface area contributed by atoms with Crippen LogP contribution < -0.4 is 14.8 Å². The van der Waals surface area contributed by atoms with E-state index < -0.39 is 0 Å². The molecule has 0 aliphatic carbocycles. The summed E-state index contributed by atoms with van der Waals surface area (Å²) in [5.41, 5.74) is 1.40. The molecule has 0 atom stereocenters. The summed E-state index contributed by atoms with van der Waals surface area (Å²) in [6, 6.07) is 12.0. The van der Waals surface area contributed by atoms with Gasteiger partial charge >= 0.3 is 0 Å². The van der Waals surface area contributed by atoms with E-state index in [1.165, 1.54) is 6.92 Å². The second-order valence-electron chi connectivity index (χ2n) is 5.50. The molecule has 1 amide bonds. The molecule has 25 heavy (non-hydrogen) atoms. The van der Waals surface area contributed by atoms with E-state index in [1.807, 2.05) is 13.8 Å². The number of ketones is 1. The van der Waals surface area contributed by atoms with Crippen molar-refractivity contribution in [3.05, 3.63) is 53.6 Å². The average molecular weight is 341 g/mol. The van der Waals surface area contributed by atoms with Gasteiger partial charge in [0.05, 0.1) is 18.9 Å². The van der Waals surface area contributed by atoms with Crippen LogP contribution in [0.25, 0.3) is 0 Å². The van der Waals surface area contributed by atoms with Gasteiger partial charge in [-0.2, -0.15) is 0 Å². The van der Waals surface area contributed by atoms with Gasteiger partial charge in [0.2, 0.25) is 0 Å². The fourth-order valence-corrected chi connectivity index (χ4v) is 2.34. The van der Waals surface area contributed by atoms with Gasteiger partial charge in [-0.3, -0.25) is 9.59 Å². The average Bonchev–Trinajstić information content (AvgIpc) is 2.61. The Kier molecular flexibility index (Phi) is 6.57. The van der Waals surface area contributed by atoms with Crippen LogP contribution in [0.3, 0.4) is 0 Å². The normalized spacial score (nSPS) is 10.2. The van der Waals surface area contributed by atoms with Gasteiger partial charge in [-0.25, -0.2) is 0 Å². The molecule has 0 spiro atoms. The van der Waals surface area contributed by atoms with Gasteiger partial charge in [0, 0.05) is 11.1 Å². The summed E-state index contributed by atoms with van der Waals surface area (Å²) in [6.07, 6.45) is 0.885. The fraction of sp³-hybridized carbons (Fsp3) is 0.300. The van der Waals surface area contributed by atoms with E-state index in [0.29, 0.717) is 41.5 Å². The van der Waals surface area contributed by atoms with Crippen molar-refractivity contribution in [2.75, 3.05) is 18.5 Å². The second-order valence-corrected chi connectivity index (χ2v) is 5.50. The smallest absolute Gasteiger partial charge is 0.255 e. The van der Waals surface area contributed by atoms with Crippen molar-refractivity contribution in [3.8, 4) is 11.5 Å². The lowest BCUT2D eigenvalue weighted by Gasteiger charge is -2.13. The fourth-order valence-electron chi connectivity index (χ4n) is 2.34. The van der Waals surface area contributed by atoms with Crippen LogP contribution in [0.5, 0.6) is 11.5 Å². The van der Waals surface area contributed by atoms with Gasteiger partial charge in [-0.15, -0.1) is 0 Å². The van der Waals surface area contributed by atoms with Crippen molar-refractivity contribution < 1.29 is 19.1 Å². The molecule has 0 radical (unpaired) electrons. The molecule has 2 rings (SSSR count).